The van der Waals surface area contributed by atoms with Crippen molar-refractivity contribution >= 4 is 5.83 Å². The summed E-state index contributed by atoms with van der Waals surface area (Å²) in [5, 5.41) is 0. The summed E-state index contributed by atoms with van der Waals surface area (Å²) in [6.45, 7) is 3.21. The maximum atomic E-state index is 14.8. The van der Waals surface area contributed by atoms with E-state index in [1.165, 1.54) is 24.3 Å². The number of hydrogen-bond donors (Lipinski definition) is 0. The Morgan fingerprint density at radius 2 is 1.16 bits per heavy atom. The highest BCUT2D eigenvalue weighted by molar-refractivity contribution is 5.71. The number of alkyl halides is 2. The SMILES string of the molecule is C=C/C(F)=C(\F)c1ccc(CCc2ccc(-c3ccc(-c4cc(F)c(C(F)F)c(F)c4)c(F)c3)cc2)cc1. The molecule has 4 aromatic carbocycles. The smallest absolute Gasteiger partial charge is 0.206 e. The molecule has 0 fully saturated rings. The third kappa shape index (κ3) is 5.88. The summed E-state index contributed by atoms with van der Waals surface area (Å²) in [7, 11) is 0. The molecular weight excluding hydrogens is 505 g/mol. The van der Waals surface area contributed by atoms with E-state index in [0.29, 0.717) is 36.1 Å². The average molecular weight is 526 g/mol. The Kier molecular flexibility index (Phi) is 8.15. The van der Waals surface area contributed by atoms with Crippen molar-refractivity contribution in [1.82, 2.24) is 0 Å². The van der Waals surface area contributed by atoms with Gasteiger partial charge >= 0.3 is 0 Å². The molecule has 0 atom stereocenters. The predicted octanol–water partition coefficient (Wildman–Crippen LogP) is 9.95. The number of hydrogen-bond acceptors (Lipinski definition) is 0. The Labute approximate surface area is 215 Å². The maximum Gasteiger partial charge on any atom is 0.269 e. The monoisotopic (exact) mass is 526 g/mol. The van der Waals surface area contributed by atoms with Gasteiger partial charge in [0.2, 0.25) is 0 Å². The maximum absolute atomic E-state index is 14.8. The summed E-state index contributed by atoms with van der Waals surface area (Å²) in [5.74, 6) is -5.60. The second-order valence-corrected chi connectivity index (χ2v) is 8.61. The molecule has 0 saturated heterocycles. The van der Waals surface area contributed by atoms with Gasteiger partial charge in [0.25, 0.3) is 6.43 Å². The average Bonchev–Trinajstić information content (AvgIpc) is 2.91. The summed E-state index contributed by atoms with van der Waals surface area (Å²) in [4.78, 5) is 0. The zero-order valence-electron chi connectivity index (χ0n) is 19.9. The first kappa shape index (κ1) is 26.9. The molecule has 0 heterocycles. The Balaban J connectivity index is 1.45. The third-order valence-electron chi connectivity index (χ3n) is 6.16. The summed E-state index contributed by atoms with van der Waals surface area (Å²) in [6.07, 6.45) is -1.16. The van der Waals surface area contributed by atoms with E-state index in [9.17, 15) is 30.7 Å². The van der Waals surface area contributed by atoms with Gasteiger partial charge in [-0.25, -0.2) is 30.7 Å². The van der Waals surface area contributed by atoms with Crippen LogP contribution in [-0.2, 0) is 12.8 Å². The molecule has 0 radical (unpaired) electrons. The van der Waals surface area contributed by atoms with E-state index in [-0.39, 0.29) is 16.7 Å². The fraction of sp³-hybridized carbons (Fsp3) is 0.0968. The topological polar surface area (TPSA) is 0 Å². The van der Waals surface area contributed by atoms with Gasteiger partial charge in [0.05, 0.1) is 5.56 Å². The van der Waals surface area contributed by atoms with Gasteiger partial charge in [-0.1, -0.05) is 67.2 Å². The van der Waals surface area contributed by atoms with Crippen LogP contribution in [0, 0.1) is 17.5 Å². The van der Waals surface area contributed by atoms with E-state index in [0.717, 1.165) is 17.2 Å². The Bertz CT molecular complexity index is 1460. The summed E-state index contributed by atoms with van der Waals surface area (Å²) < 4.78 is 95.5. The number of halogens is 7. The van der Waals surface area contributed by atoms with E-state index in [1.54, 1.807) is 18.2 Å². The van der Waals surface area contributed by atoms with Gasteiger partial charge in [-0.05, 0) is 64.9 Å². The molecule has 7 heteroatoms. The van der Waals surface area contributed by atoms with Crippen LogP contribution in [0.2, 0.25) is 0 Å². The Morgan fingerprint density at radius 3 is 1.66 bits per heavy atom. The van der Waals surface area contributed by atoms with Crippen molar-refractivity contribution in [2.24, 2.45) is 0 Å². The van der Waals surface area contributed by atoms with Gasteiger partial charge in [0.15, 0.2) is 11.7 Å². The van der Waals surface area contributed by atoms with Crippen LogP contribution < -0.4 is 0 Å². The van der Waals surface area contributed by atoms with Crippen LogP contribution in [0.4, 0.5) is 30.7 Å². The molecule has 4 aromatic rings. The molecule has 0 aliphatic heterocycles. The molecule has 0 bridgehead atoms. The molecule has 194 valence electrons. The molecule has 0 aliphatic carbocycles. The van der Waals surface area contributed by atoms with Crippen LogP contribution >= 0.6 is 0 Å². The van der Waals surface area contributed by atoms with Gasteiger partial charge < -0.3 is 0 Å². The quantitative estimate of drug-likeness (QED) is 0.158. The van der Waals surface area contributed by atoms with Crippen LogP contribution in [-0.4, -0.2) is 0 Å². The molecule has 38 heavy (non-hydrogen) atoms. The lowest BCUT2D eigenvalue weighted by molar-refractivity contribution is 0.141. The van der Waals surface area contributed by atoms with Crippen molar-refractivity contribution in [1.29, 1.82) is 0 Å². The van der Waals surface area contributed by atoms with Crippen molar-refractivity contribution in [3.63, 3.8) is 0 Å². The minimum atomic E-state index is -3.32. The zero-order valence-corrected chi connectivity index (χ0v) is 19.9. The number of allylic oxidation sites excluding steroid dienone is 2. The zero-order chi connectivity index (χ0) is 27.4. The van der Waals surface area contributed by atoms with Crippen LogP contribution in [0.5, 0.6) is 0 Å². The van der Waals surface area contributed by atoms with Gasteiger partial charge in [0.1, 0.15) is 17.5 Å². The van der Waals surface area contributed by atoms with E-state index >= 15 is 0 Å². The van der Waals surface area contributed by atoms with Crippen LogP contribution in [0.25, 0.3) is 28.1 Å². The van der Waals surface area contributed by atoms with E-state index < -0.39 is 41.1 Å². The van der Waals surface area contributed by atoms with Gasteiger partial charge in [0, 0.05) is 11.1 Å². The molecular formula is C31H21F7. The molecule has 0 nitrogen and oxygen atoms in total. The summed E-state index contributed by atoms with van der Waals surface area (Å²) in [6, 6.07) is 19.4. The van der Waals surface area contributed by atoms with Crippen molar-refractivity contribution in [3.8, 4) is 22.3 Å². The molecule has 0 aliphatic rings. The number of aryl methyl sites for hydroxylation is 2. The minimum Gasteiger partial charge on any atom is -0.206 e. The Hall–Kier alpha value is -4.13. The van der Waals surface area contributed by atoms with Crippen molar-refractivity contribution in [3.05, 3.63) is 137 Å². The highest BCUT2D eigenvalue weighted by Gasteiger charge is 2.21. The largest absolute Gasteiger partial charge is 0.269 e. The van der Waals surface area contributed by atoms with Crippen LogP contribution in [0.3, 0.4) is 0 Å². The van der Waals surface area contributed by atoms with Crippen LogP contribution in [0.15, 0.2) is 97.3 Å². The number of benzene rings is 4. The lowest BCUT2D eigenvalue weighted by Gasteiger charge is -2.10. The highest BCUT2D eigenvalue weighted by atomic mass is 19.3. The molecule has 0 spiro atoms. The second kappa shape index (κ2) is 11.5. The normalized spacial score (nSPS) is 12.0. The van der Waals surface area contributed by atoms with Crippen molar-refractivity contribution in [2.45, 2.75) is 19.3 Å². The lowest BCUT2D eigenvalue weighted by atomic mass is 9.97. The van der Waals surface area contributed by atoms with Crippen molar-refractivity contribution in [2.75, 3.05) is 0 Å². The van der Waals surface area contributed by atoms with Crippen molar-refractivity contribution < 1.29 is 30.7 Å². The molecule has 0 unspecified atom stereocenters. The first-order chi connectivity index (χ1) is 18.2. The molecule has 0 aromatic heterocycles. The molecule has 0 amide bonds. The van der Waals surface area contributed by atoms with E-state index in [2.05, 4.69) is 6.58 Å². The highest BCUT2D eigenvalue weighted by Crippen LogP contribution is 2.33. The molecule has 0 saturated carbocycles. The fourth-order valence-corrected chi connectivity index (χ4v) is 4.07. The van der Waals surface area contributed by atoms with Gasteiger partial charge in [-0.15, -0.1) is 0 Å². The second-order valence-electron chi connectivity index (χ2n) is 8.61. The standard InChI is InChI=1S/C31H21F7/c1-2-25(32)30(36)21-11-7-19(8-12-21)4-3-18-5-9-20(10-6-18)22-13-14-24(26(33)15-22)23-16-27(34)29(31(37)38)28(35)17-23/h2,5-17,31H,1,3-4H2/b30-25+. The van der Waals surface area contributed by atoms with E-state index in [1.807, 2.05) is 24.3 Å². The minimum absolute atomic E-state index is 0.113. The predicted molar refractivity (Wildman–Crippen MR) is 135 cm³/mol. The first-order valence-corrected chi connectivity index (χ1v) is 11.6. The summed E-state index contributed by atoms with van der Waals surface area (Å²) >= 11 is 0. The van der Waals surface area contributed by atoms with E-state index in [4.69, 9.17) is 0 Å². The third-order valence-corrected chi connectivity index (χ3v) is 6.16. The lowest BCUT2D eigenvalue weighted by Crippen LogP contribution is -1.98. The number of rotatable bonds is 8. The fourth-order valence-electron chi connectivity index (χ4n) is 4.07. The first-order valence-electron chi connectivity index (χ1n) is 11.6. The summed E-state index contributed by atoms with van der Waals surface area (Å²) in [5.41, 5.74) is 1.68. The molecule has 0 N–H and O–H groups in total. The molecule has 4 rings (SSSR count). The van der Waals surface area contributed by atoms with Gasteiger partial charge in [-0.2, -0.15) is 0 Å². The van der Waals surface area contributed by atoms with Gasteiger partial charge in [-0.3, -0.25) is 0 Å². The Morgan fingerprint density at radius 1 is 0.658 bits per heavy atom. The van der Waals surface area contributed by atoms with Crippen LogP contribution in [0.1, 0.15) is 28.7 Å².